The van der Waals surface area contributed by atoms with E-state index in [1.165, 1.54) is 4.90 Å². The Morgan fingerprint density at radius 3 is 2.70 bits per heavy atom. The number of carboxylic acid groups (broad SMARTS) is 1. The highest BCUT2D eigenvalue weighted by Crippen LogP contribution is 2.37. The minimum Gasteiger partial charge on any atom is -0.480 e. The van der Waals surface area contributed by atoms with Gasteiger partial charge in [-0.3, -0.25) is 4.90 Å². The quantitative estimate of drug-likeness (QED) is 0.856. The van der Waals surface area contributed by atoms with E-state index in [9.17, 15) is 14.7 Å². The Balaban J connectivity index is 1.68. The van der Waals surface area contributed by atoms with Gasteiger partial charge in [0.25, 0.3) is 0 Å². The Bertz CT molecular complexity index is 554. The van der Waals surface area contributed by atoms with E-state index >= 15 is 0 Å². The molecule has 1 heterocycles. The van der Waals surface area contributed by atoms with E-state index in [1.807, 2.05) is 42.5 Å². The van der Waals surface area contributed by atoms with Gasteiger partial charge in [-0.2, -0.15) is 0 Å². The van der Waals surface area contributed by atoms with Crippen LogP contribution in [0.5, 0.6) is 0 Å². The number of hydrogen-bond acceptors (Lipinski definition) is 3. The Labute approximate surface area is 116 Å². The van der Waals surface area contributed by atoms with Crippen molar-refractivity contribution in [1.82, 2.24) is 4.90 Å². The van der Waals surface area contributed by atoms with Gasteiger partial charge in [0.2, 0.25) is 0 Å². The van der Waals surface area contributed by atoms with E-state index in [4.69, 9.17) is 4.74 Å². The number of rotatable bonds is 3. The van der Waals surface area contributed by atoms with Crippen molar-refractivity contribution >= 4 is 12.1 Å². The Kier molecular flexibility index (Phi) is 3.18. The summed E-state index contributed by atoms with van der Waals surface area (Å²) in [4.78, 5) is 24.8. The highest BCUT2D eigenvalue weighted by atomic mass is 16.6. The number of aliphatic carboxylic acids is 1. The van der Waals surface area contributed by atoms with Crippen molar-refractivity contribution in [3.63, 3.8) is 0 Å². The lowest BCUT2D eigenvalue weighted by Gasteiger charge is -2.28. The van der Waals surface area contributed by atoms with Crippen LogP contribution in [0.15, 0.2) is 42.5 Å². The second kappa shape index (κ2) is 5.00. The zero-order chi connectivity index (χ0) is 14.1. The van der Waals surface area contributed by atoms with Gasteiger partial charge in [0.15, 0.2) is 0 Å². The average molecular weight is 273 g/mol. The lowest BCUT2D eigenvalue weighted by molar-refractivity contribution is -0.143. The number of carbonyl (C=O) groups is 2. The molecule has 2 aliphatic rings. The first-order valence-electron chi connectivity index (χ1n) is 6.57. The summed E-state index contributed by atoms with van der Waals surface area (Å²) in [6.07, 6.45) is 3.88. The number of amides is 1. The highest BCUT2D eigenvalue weighted by molar-refractivity contribution is 5.82. The number of likely N-dealkylation sites (tertiary alicyclic amines) is 1. The number of carboxylic acids is 1. The third-order valence-corrected chi connectivity index (χ3v) is 3.83. The molecule has 0 aromatic heterocycles. The molecule has 1 fully saturated rings. The Morgan fingerprint density at radius 2 is 2.00 bits per heavy atom. The van der Waals surface area contributed by atoms with Crippen molar-refractivity contribution in [1.29, 1.82) is 0 Å². The molecule has 5 nitrogen and oxygen atoms in total. The maximum Gasteiger partial charge on any atom is 0.411 e. The molecule has 104 valence electrons. The average Bonchev–Trinajstić information content (AvgIpc) is 3.06. The molecule has 1 aromatic carbocycles. The fourth-order valence-electron chi connectivity index (χ4n) is 2.90. The normalized spacial score (nSPS) is 26.8. The zero-order valence-electron chi connectivity index (χ0n) is 10.8. The fourth-order valence-corrected chi connectivity index (χ4v) is 2.90. The fraction of sp³-hybridized carbons (Fsp3) is 0.333. The van der Waals surface area contributed by atoms with E-state index in [0.717, 1.165) is 5.56 Å². The van der Waals surface area contributed by atoms with E-state index < -0.39 is 18.1 Å². The predicted octanol–water partition coefficient (Wildman–Crippen LogP) is 2.04. The first-order chi connectivity index (χ1) is 9.66. The van der Waals surface area contributed by atoms with Crippen molar-refractivity contribution in [2.45, 2.75) is 25.1 Å². The van der Waals surface area contributed by atoms with Gasteiger partial charge in [-0.25, -0.2) is 9.59 Å². The maximum absolute atomic E-state index is 12.1. The number of benzene rings is 1. The van der Waals surface area contributed by atoms with E-state index in [0.29, 0.717) is 6.42 Å². The molecule has 1 aliphatic heterocycles. The first kappa shape index (κ1) is 12.7. The zero-order valence-corrected chi connectivity index (χ0v) is 10.8. The molecule has 20 heavy (non-hydrogen) atoms. The summed E-state index contributed by atoms with van der Waals surface area (Å²) in [5.41, 5.74) is 0.882. The minimum absolute atomic E-state index is 0.0956. The van der Waals surface area contributed by atoms with Crippen LogP contribution in [-0.2, 0) is 16.1 Å². The number of fused-ring (bicyclic) bond motifs is 2. The molecule has 1 amide bonds. The lowest BCUT2D eigenvalue weighted by atomic mass is 10.0. The number of ether oxygens (including phenoxy) is 1. The molecule has 3 rings (SSSR count). The summed E-state index contributed by atoms with van der Waals surface area (Å²) in [5, 5.41) is 9.26. The Hall–Kier alpha value is -2.30. The van der Waals surface area contributed by atoms with Gasteiger partial charge >= 0.3 is 12.1 Å². The monoisotopic (exact) mass is 273 g/mol. The highest BCUT2D eigenvalue weighted by Gasteiger charge is 2.49. The summed E-state index contributed by atoms with van der Waals surface area (Å²) in [7, 11) is 0. The molecule has 1 aliphatic carbocycles. The molecule has 1 saturated heterocycles. The lowest BCUT2D eigenvalue weighted by Crippen LogP contribution is -2.47. The molecule has 2 bridgehead atoms. The van der Waals surface area contributed by atoms with Gasteiger partial charge in [-0.05, 0) is 12.0 Å². The van der Waals surface area contributed by atoms with Crippen molar-refractivity contribution in [2.75, 3.05) is 0 Å². The van der Waals surface area contributed by atoms with Crippen LogP contribution >= 0.6 is 0 Å². The van der Waals surface area contributed by atoms with Gasteiger partial charge < -0.3 is 9.84 Å². The van der Waals surface area contributed by atoms with Gasteiger partial charge in [0, 0.05) is 5.92 Å². The van der Waals surface area contributed by atoms with Crippen LogP contribution in [0.3, 0.4) is 0 Å². The number of nitrogens with zero attached hydrogens (tertiary/aromatic N) is 1. The molecule has 0 saturated carbocycles. The summed E-state index contributed by atoms with van der Waals surface area (Å²) < 4.78 is 5.23. The van der Waals surface area contributed by atoms with Crippen molar-refractivity contribution < 1.29 is 19.4 Å². The molecule has 2 unspecified atom stereocenters. The summed E-state index contributed by atoms with van der Waals surface area (Å²) in [6, 6.07) is 8.39. The van der Waals surface area contributed by atoms with Crippen LogP contribution in [0.1, 0.15) is 12.0 Å². The summed E-state index contributed by atoms with van der Waals surface area (Å²) >= 11 is 0. The minimum atomic E-state index is -0.974. The van der Waals surface area contributed by atoms with E-state index in [-0.39, 0.29) is 18.6 Å². The second-order valence-corrected chi connectivity index (χ2v) is 5.08. The van der Waals surface area contributed by atoms with Gasteiger partial charge in [0.1, 0.15) is 12.6 Å². The van der Waals surface area contributed by atoms with Crippen molar-refractivity contribution in [3.8, 4) is 0 Å². The molecule has 5 heteroatoms. The van der Waals surface area contributed by atoms with Crippen LogP contribution in [0.4, 0.5) is 4.79 Å². The number of carbonyl (C=O) groups excluding carboxylic acids is 1. The topological polar surface area (TPSA) is 66.8 Å². The third-order valence-electron chi connectivity index (χ3n) is 3.83. The molecule has 0 radical (unpaired) electrons. The van der Waals surface area contributed by atoms with Crippen molar-refractivity contribution in [2.24, 2.45) is 5.92 Å². The Morgan fingerprint density at radius 1 is 1.25 bits per heavy atom. The molecule has 0 spiro atoms. The summed E-state index contributed by atoms with van der Waals surface area (Å²) in [5.74, 6) is -1.07. The standard InChI is InChI=1S/C15H15NO4/c17-14(18)13-11-6-7-12(8-11)16(13)15(19)20-9-10-4-2-1-3-5-10/h1-7,11-13H,8-9H2,(H,17,18)/t11?,12?,13-/m0/s1. The molecule has 1 N–H and O–H groups in total. The largest absolute Gasteiger partial charge is 0.480 e. The number of hydrogen-bond donors (Lipinski definition) is 1. The van der Waals surface area contributed by atoms with E-state index in [1.54, 1.807) is 0 Å². The van der Waals surface area contributed by atoms with E-state index in [2.05, 4.69) is 0 Å². The van der Waals surface area contributed by atoms with Gasteiger partial charge in [-0.15, -0.1) is 0 Å². The second-order valence-electron chi connectivity index (χ2n) is 5.08. The van der Waals surface area contributed by atoms with Crippen LogP contribution in [-0.4, -0.2) is 34.2 Å². The van der Waals surface area contributed by atoms with Crippen molar-refractivity contribution in [3.05, 3.63) is 48.0 Å². The molecule has 1 aromatic rings. The van der Waals surface area contributed by atoms with Crippen LogP contribution in [0.25, 0.3) is 0 Å². The smallest absolute Gasteiger partial charge is 0.411 e. The van der Waals surface area contributed by atoms with Crippen LogP contribution in [0, 0.1) is 5.92 Å². The molecule has 3 atom stereocenters. The SMILES string of the molecule is O=C(O)[C@@H]1C2C=CC(C2)N1C(=O)OCc1ccccc1. The van der Waals surface area contributed by atoms with Gasteiger partial charge in [0.05, 0.1) is 6.04 Å². The maximum atomic E-state index is 12.1. The summed E-state index contributed by atoms with van der Waals surface area (Å²) in [6.45, 7) is 0.156. The molecular formula is C15H15NO4. The predicted molar refractivity (Wildman–Crippen MR) is 70.9 cm³/mol. The third kappa shape index (κ3) is 2.15. The van der Waals surface area contributed by atoms with Crippen LogP contribution < -0.4 is 0 Å². The van der Waals surface area contributed by atoms with Gasteiger partial charge in [-0.1, -0.05) is 42.5 Å². The molecular weight excluding hydrogens is 258 g/mol. The van der Waals surface area contributed by atoms with Crippen LogP contribution in [0.2, 0.25) is 0 Å². The first-order valence-corrected chi connectivity index (χ1v) is 6.57.